The summed E-state index contributed by atoms with van der Waals surface area (Å²) < 4.78 is 39.7. The molecule has 0 bridgehead atoms. The minimum Gasteiger partial charge on any atom is -0.406 e. The van der Waals surface area contributed by atoms with Crippen LogP contribution in [-0.2, 0) is 6.54 Å². The minimum atomic E-state index is -4.65. The molecule has 0 aliphatic heterocycles. The van der Waals surface area contributed by atoms with Gasteiger partial charge >= 0.3 is 6.36 Å². The molecular formula is C13H17ClF3NO. The van der Waals surface area contributed by atoms with E-state index in [0.717, 1.165) is 5.56 Å². The lowest BCUT2D eigenvalue weighted by Crippen LogP contribution is -2.26. The number of hydrogen-bond acceptors (Lipinski definition) is 2. The molecule has 0 radical (unpaired) electrons. The Kier molecular flexibility index (Phi) is 5.94. The van der Waals surface area contributed by atoms with Crippen molar-refractivity contribution < 1.29 is 17.9 Å². The highest BCUT2D eigenvalue weighted by Crippen LogP contribution is 2.22. The zero-order valence-corrected chi connectivity index (χ0v) is 11.6. The fourth-order valence-electron chi connectivity index (χ4n) is 1.40. The van der Waals surface area contributed by atoms with E-state index in [2.05, 4.69) is 10.1 Å². The molecule has 1 aromatic carbocycles. The van der Waals surface area contributed by atoms with Gasteiger partial charge in [0.25, 0.3) is 0 Å². The molecule has 108 valence electrons. The Hall–Kier alpha value is -0.940. The van der Waals surface area contributed by atoms with Crippen LogP contribution in [0.2, 0.25) is 0 Å². The predicted molar refractivity (Wildman–Crippen MR) is 69.3 cm³/mol. The third-order valence-corrected chi connectivity index (χ3v) is 3.21. The highest BCUT2D eigenvalue weighted by molar-refractivity contribution is 6.20. The van der Waals surface area contributed by atoms with Gasteiger partial charge in [0.2, 0.25) is 0 Å². The van der Waals surface area contributed by atoms with Gasteiger partial charge < -0.3 is 10.1 Å². The fraction of sp³-hybridized carbons (Fsp3) is 0.538. The summed E-state index contributed by atoms with van der Waals surface area (Å²) in [5.74, 6) is 0.158. The summed E-state index contributed by atoms with van der Waals surface area (Å²) in [6.07, 6.45) is -4.65. The number of benzene rings is 1. The van der Waals surface area contributed by atoms with Gasteiger partial charge in [-0.1, -0.05) is 26.0 Å². The zero-order valence-electron chi connectivity index (χ0n) is 10.8. The van der Waals surface area contributed by atoms with Gasteiger partial charge in [-0.05, 0) is 23.6 Å². The van der Waals surface area contributed by atoms with E-state index < -0.39 is 6.36 Å². The Bertz CT molecular complexity index is 378. The van der Waals surface area contributed by atoms with E-state index in [1.54, 1.807) is 12.1 Å². The number of ether oxygens (including phenoxy) is 1. The summed E-state index contributed by atoms with van der Waals surface area (Å²) in [6.45, 7) is 5.27. The average molecular weight is 296 g/mol. The summed E-state index contributed by atoms with van der Waals surface area (Å²) in [4.78, 5) is 0. The van der Waals surface area contributed by atoms with Crippen molar-refractivity contribution in [3.05, 3.63) is 29.8 Å². The minimum absolute atomic E-state index is 0.0350. The number of rotatable bonds is 6. The van der Waals surface area contributed by atoms with Gasteiger partial charge in [-0.3, -0.25) is 0 Å². The van der Waals surface area contributed by atoms with Crippen LogP contribution in [0, 0.1) is 5.92 Å². The lowest BCUT2D eigenvalue weighted by atomic mass is 10.1. The van der Waals surface area contributed by atoms with E-state index in [-0.39, 0.29) is 11.1 Å². The third kappa shape index (κ3) is 6.68. The fourth-order valence-corrected chi connectivity index (χ4v) is 1.51. The van der Waals surface area contributed by atoms with Crippen LogP contribution in [0.1, 0.15) is 19.4 Å². The Labute approximate surface area is 115 Å². The molecule has 0 aliphatic rings. The molecule has 2 nitrogen and oxygen atoms in total. The lowest BCUT2D eigenvalue weighted by molar-refractivity contribution is -0.274. The molecule has 1 atom stereocenters. The van der Waals surface area contributed by atoms with Gasteiger partial charge in [-0.15, -0.1) is 24.8 Å². The Morgan fingerprint density at radius 1 is 1.21 bits per heavy atom. The maximum Gasteiger partial charge on any atom is 0.573 e. The first-order chi connectivity index (χ1) is 8.78. The van der Waals surface area contributed by atoms with E-state index in [0.29, 0.717) is 19.0 Å². The Morgan fingerprint density at radius 2 is 1.79 bits per heavy atom. The van der Waals surface area contributed by atoms with E-state index in [1.165, 1.54) is 12.1 Å². The van der Waals surface area contributed by atoms with Crippen molar-refractivity contribution in [2.75, 3.05) is 6.54 Å². The van der Waals surface area contributed by atoms with Crippen LogP contribution in [0.3, 0.4) is 0 Å². The number of nitrogens with one attached hydrogen (secondary N) is 1. The summed E-state index contributed by atoms with van der Waals surface area (Å²) >= 11 is 6.07. The van der Waals surface area contributed by atoms with Crippen LogP contribution in [0.5, 0.6) is 5.75 Å². The van der Waals surface area contributed by atoms with Gasteiger partial charge in [0.05, 0.1) is 0 Å². The molecule has 1 unspecified atom stereocenters. The van der Waals surface area contributed by atoms with Crippen LogP contribution in [0.15, 0.2) is 24.3 Å². The van der Waals surface area contributed by atoms with Crippen LogP contribution >= 0.6 is 11.6 Å². The van der Waals surface area contributed by atoms with Crippen molar-refractivity contribution in [3.8, 4) is 5.75 Å². The van der Waals surface area contributed by atoms with Crippen molar-refractivity contribution in [1.82, 2.24) is 5.32 Å². The molecule has 0 fully saturated rings. The molecule has 1 rings (SSSR count). The number of halogens is 4. The van der Waals surface area contributed by atoms with Crippen molar-refractivity contribution in [1.29, 1.82) is 0 Å². The topological polar surface area (TPSA) is 21.3 Å². The summed E-state index contributed by atoms with van der Waals surface area (Å²) in [5, 5.41) is 3.19. The molecule has 1 aromatic rings. The second-order valence-corrected chi connectivity index (χ2v) is 5.14. The summed E-state index contributed by atoms with van der Waals surface area (Å²) in [6, 6.07) is 5.77. The largest absolute Gasteiger partial charge is 0.573 e. The molecule has 0 spiro atoms. The quantitative estimate of drug-likeness (QED) is 0.803. The Morgan fingerprint density at radius 3 is 2.26 bits per heavy atom. The zero-order chi connectivity index (χ0) is 14.5. The molecule has 19 heavy (non-hydrogen) atoms. The lowest BCUT2D eigenvalue weighted by Gasteiger charge is -2.14. The van der Waals surface area contributed by atoms with E-state index in [9.17, 15) is 13.2 Å². The van der Waals surface area contributed by atoms with E-state index in [4.69, 9.17) is 11.6 Å². The molecule has 0 amide bonds. The number of hydrogen-bond donors (Lipinski definition) is 1. The Balaban J connectivity index is 2.40. The van der Waals surface area contributed by atoms with E-state index >= 15 is 0 Å². The summed E-state index contributed by atoms with van der Waals surface area (Å²) in [7, 11) is 0. The smallest absolute Gasteiger partial charge is 0.406 e. The van der Waals surface area contributed by atoms with Crippen molar-refractivity contribution in [3.63, 3.8) is 0 Å². The van der Waals surface area contributed by atoms with Gasteiger partial charge in [-0.25, -0.2) is 0 Å². The highest BCUT2D eigenvalue weighted by atomic mass is 35.5. The molecule has 0 heterocycles. The van der Waals surface area contributed by atoms with Crippen molar-refractivity contribution in [2.24, 2.45) is 5.92 Å². The molecule has 1 N–H and O–H groups in total. The van der Waals surface area contributed by atoms with E-state index in [1.807, 2.05) is 13.8 Å². The van der Waals surface area contributed by atoms with Gasteiger partial charge in [0.1, 0.15) is 5.75 Å². The standard InChI is InChI=1S/C13H17ClF3NO/c1-9(2)12(14)8-18-7-10-3-5-11(6-4-10)19-13(15,16)17/h3-6,9,12,18H,7-8H2,1-2H3. The van der Waals surface area contributed by atoms with Crippen LogP contribution in [-0.4, -0.2) is 18.3 Å². The second kappa shape index (κ2) is 7.01. The highest BCUT2D eigenvalue weighted by Gasteiger charge is 2.30. The van der Waals surface area contributed by atoms with Crippen LogP contribution < -0.4 is 10.1 Å². The predicted octanol–water partition coefficient (Wildman–Crippen LogP) is 3.94. The van der Waals surface area contributed by atoms with Gasteiger partial charge in [0, 0.05) is 18.5 Å². The molecule has 0 saturated carbocycles. The molecule has 0 aromatic heterocycles. The maximum atomic E-state index is 12.0. The van der Waals surface area contributed by atoms with Crippen LogP contribution in [0.25, 0.3) is 0 Å². The number of alkyl halides is 4. The van der Waals surface area contributed by atoms with Gasteiger partial charge in [0.15, 0.2) is 0 Å². The van der Waals surface area contributed by atoms with Crippen molar-refractivity contribution >= 4 is 11.6 Å². The molecular weight excluding hydrogens is 279 g/mol. The normalized spacial score (nSPS) is 13.6. The van der Waals surface area contributed by atoms with Crippen molar-refractivity contribution in [2.45, 2.75) is 32.1 Å². The third-order valence-electron chi connectivity index (χ3n) is 2.55. The van der Waals surface area contributed by atoms with Gasteiger partial charge in [-0.2, -0.15) is 0 Å². The van der Waals surface area contributed by atoms with Crippen LogP contribution in [0.4, 0.5) is 13.2 Å². The monoisotopic (exact) mass is 295 g/mol. The SMILES string of the molecule is CC(C)C(Cl)CNCc1ccc(OC(F)(F)F)cc1. The summed E-state index contributed by atoms with van der Waals surface area (Å²) in [5.41, 5.74) is 0.877. The molecule has 6 heteroatoms. The first kappa shape index (κ1) is 16.1. The maximum absolute atomic E-state index is 12.0. The average Bonchev–Trinajstić information content (AvgIpc) is 2.29. The molecule has 0 saturated heterocycles. The first-order valence-corrected chi connectivity index (χ1v) is 6.41. The molecule has 0 aliphatic carbocycles. The second-order valence-electron chi connectivity index (χ2n) is 4.58. The first-order valence-electron chi connectivity index (χ1n) is 5.97.